The molecule has 1 heterocycles. The third-order valence-corrected chi connectivity index (χ3v) is 1.43. The molecule has 0 bridgehead atoms. The topological polar surface area (TPSA) is 64.3 Å². The maximum absolute atomic E-state index is 10.1. The lowest BCUT2D eigenvalue weighted by Crippen LogP contribution is -2.09. The van der Waals surface area contributed by atoms with Crippen LogP contribution in [0.15, 0.2) is 6.07 Å². The molecule has 0 unspecified atom stereocenters. The van der Waals surface area contributed by atoms with Crippen molar-refractivity contribution in [1.29, 1.82) is 0 Å². The quantitative estimate of drug-likeness (QED) is 0.703. The lowest BCUT2D eigenvalue weighted by atomic mass is 10.5. The number of aliphatic carboxylic acids is 1. The summed E-state index contributed by atoms with van der Waals surface area (Å²) in [7, 11) is 1.77. The molecule has 0 radical (unpaired) electrons. The first-order chi connectivity index (χ1) is 5.59. The van der Waals surface area contributed by atoms with Gasteiger partial charge in [-0.1, -0.05) is 0 Å². The first-order valence-corrected chi connectivity index (χ1v) is 3.45. The van der Waals surface area contributed by atoms with Crippen molar-refractivity contribution in [1.82, 2.24) is 9.78 Å². The van der Waals surface area contributed by atoms with E-state index in [1.807, 2.05) is 6.92 Å². The van der Waals surface area contributed by atoms with Gasteiger partial charge < -0.3 is 9.84 Å². The van der Waals surface area contributed by atoms with Crippen LogP contribution in [0.2, 0.25) is 0 Å². The van der Waals surface area contributed by atoms with Crippen LogP contribution in [0.5, 0.6) is 5.88 Å². The largest absolute Gasteiger partial charge is 0.479 e. The monoisotopic (exact) mass is 170 g/mol. The first-order valence-electron chi connectivity index (χ1n) is 3.45. The number of hydrogen-bond acceptors (Lipinski definition) is 3. The van der Waals surface area contributed by atoms with E-state index in [1.165, 1.54) is 0 Å². The number of carboxylic acids is 1. The Balaban J connectivity index is 2.58. The molecule has 5 heteroatoms. The molecule has 12 heavy (non-hydrogen) atoms. The second kappa shape index (κ2) is 3.25. The SMILES string of the molecule is Cc1cc(OCC(=O)O)nn1C. The molecule has 1 aromatic rings. The third kappa shape index (κ3) is 1.98. The fourth-order valence-electron chi connectivity index (χ4n) is 0.734. The summed E-state index contributed by atoms with van der Waals surface area (Å²) < 4.78 is 6.46. The molecule has 0 saturated carbocycles. The summed E-state index contributed by atoms with van der Waals surface area (Å²) in [5.74, 6) is -0.657. The summed E-state index contributed by atoms with van der Waals surface area (Å²) in [6.07, 6.45) is 0. The Labute approximate surface area is 69.6 Å². The maximum atomic E-state index is 10.1. The van der Waals surface area contributed by atoms with E-state index in [-0.39, 0.29) is 6.61 Å². The van der Waals surface area contributed by atoms with E-state index in [1.54, 1.807) is 17.8 Å². The van der Waals surface area contributed by atoms with Gasteiger partial charge in [-0.3, -0.25) is 4.68 Å². The predicted molar refractivity (Wildman–Crippen MR) is 41.1 cm³/mol. The average Bonchev–Trinajstić information content (AvgIpc) is 2.28. The van der Waals surface area contributed by atoms with Crippen LogP contribution in [0.1, 0.15) is 5.69 Å². The molecule has 1 N–H and O–H groups in total. The van der Waals surface area contributed by atoms with Crippen LogP contribution >= 0.6 is 0 Å². The van der Waals surface area contributed by atoms with Crippen molar-refractivity contribution in [3.05, 3.63) is 11.8 Å². The van der Waals surface area contributed by atoms with Gasteiger partial charge in [0.25, 0.3) is 0 Å². The van der Waals surface area contributed by atoms with E-state index >= 15 is 0 Å². The standard InChI is InChI=1S/C7H10N2O3/c1-5-3-6(8-9(5)2)12-4-7(10)11/h3H,4H2,1-2H3,(H,10,11). The van der Waals surface area contributed by atoms with Gasteiger partial charge in [-0.15, -0.1) is 5.10 Å². The van der Waals surface area contributed by atoms with Crippen LogP contribution in [0.25, 0.3) is 0 Å². The molecular weight excluding hydrogens is 160 g/mol. The Bertz CT molecular complexity index is 273. The fraction of sp³-hybridized carbons (Fsp3) is 0.429. The number of aromatic nitrogens is 2. The minimum absolute atomic E-state index is 0.345. The van der Waals surface area contributed by atoms with E-state index in [9.17, 15) is 4.79 Å². The van der Waals surface area contributed by atoms with Gasteiger partial charge in [-0.2, -0.15) is 0 Å². The maximum Gasteiger partial charge on any atom is 0.341 e. The molecule has 0 amide bonds. The number of aryl methyl sites for hydroxylation is 2. The van der Waals surface area contributed by atoms with Crippen LogP contribution in [-0.4, -0.2) is 27.5 Å². The first kappa shape index (κ1) is 8.58. The molecule has 0 spiro atoms. The van der Waals surface area contributed by atoms with E-state index < -0.39 is 5.97 Å². The molecular formula is C7H10N2O3. The Morgan fingerprint density at radius 3 is 2.92 bits per heavy atom. The van der Waals surface area contributed by atoms with Gasteiger partial charge >= 0.3 is 5.97 Å². The highest BCUT2D eigenvalue weighted by Gasteiger charge is 2.03. The number of hydrogen-bond donors (Lipinski definition) is 1. The van der Waals surface area contributed by atoms with Gasteiger partial charge in [-0.25, -0.2) is 4.79 Å². The van der Waals surface area contributed by atoms with E-state index in [0.29, 0.717) is 5.88 Å². The average molecular weight is 170 g/mol. The predicted octanol–water partition coefficient (Wildman–Crippen LogP) is 0.192. The van der Waals surface area contributed by atoms with E-state index in [0.717, 1.165) is 5.69 Å². The van der Waals surface area contributed by atoms with Crippen molar-refractivity contribution >= 4 is 5.97 Å². The molecule has 66 valence electrons. The van der Waals surface area contributed by atoms with Crippen LogP contribution in [0.4, 0.5) is 0 Å². The van der Waals surface area contributed by atoms with Crippen LogP contribution in [-0.2, 0) is 11.8 Å². The number of rotatable bonds is 3. The number of carboxylic acid groups (broad SMARTS) is 1. The normalized spacial score (nSPS) is 9.83. The number of carbonyl (C=O) groups is 1. The van der Waals surface area contributed by atoms with E-state index in [4.69, 9.17) is 9.84 Å². The second-order valence-corrected chi connectivity index (χ2v) is 2.43. The van der Waals surface area contributed by atoms with Gasteiger partial charge in [0.15, 0.2) is 6.61 Å². The summed E-state index contributed by atoms with van der Waals surface area (Å²) in [6.45, 7) is 1.51. The van der Waals surface area contributed by atoms with Gasteiger partial charge in [0, 0.05) is 18.8 Å². The molecule has 0 aliphatic heterocycles. The van der Waals surface area contributed by atoms with Gasteiger partial charge in [0.05, 0.1) is 0 Å². The lowest BCUT2D eigenvalue weighted by molar-refractivity contribution is -0.139. The van der Waals surface area contributed by atoms with E-state index in [2.05, 4.69) is 5.10 Å². The molecule has 0 fully saturated rings. The van der Waals surface area contributed by atoms with Crippen molar-refractivity contribution < 1.29 is 14.6 Å². The Hall–Kier alpha value is -1.52. The van der Waals surface area contributed by atoms with Crippen molar-refractivity contribution in [2.75, 3.05) is 6.61 Å². The molecule has 0 aromatic carbocycles. The summed E-state index contributed by atoms with van der Waals surface area (Å²) in [4.78, 5) is 10.1. The fourth-order valence-corrected chi connectivity index (χ4v) is 0.734. The van der Waals surface area contributed by atoms with Crippen LogP contribution in [0, 0.1) is 6.92 Å². The summed E-state index contributed by atoms with van der Waals surface area (Å²) >= 11 is 0. The summed E-state index contributed by atoms with van der Waals surface area (Å²) in [5, 5.41) is 12.2. The minimum atomic E-state index is -1.00. The molecule has 5 nitrogen and oxygen atoms in total. The highest BCUT2D eigenvalue weighted by molar-refractivity contribution is 5.68. The number of ether oxygens (including phenoxy) is 1. The van der Waals surface area contributed by atoms with Crippen molar-refractivity contribution in [2.24, 2.45) is 7.05 Å². The Kier molecular flexibility index (Phi) is 2.32. The molecule has 1 rings (SSSR count). The van der Waals surface area contributed by atoms with Gasteiger partial charge in [-0.05, 0) is 6.92 Å². The third-order valence-electron chi connectivity index (χ3n) is 1.43. The molecule has 0 aliphatic carbocycles. The molecule has 0 atom stereocenters. The van der Waals surface area contributed by atoms with Gasteiger partial charge in [0.1, 0.15) is 0 Å². The molecule has 0 aliphatic rings. The Morgan fingerprint density at radius 1 is 1.83 bits per heavy atom. The zero-order valence-corrected chi connectivity index (χ0v) is 6.94. The zero-order chi connectivity index (χ0) is 9.14. The number of nitrogens with zero attached hydrogens (tertiary/aromatic N) is 2. The highest BCUT2D eigenvalue weighted by atomic mass is 16.5. The van der Waals surface area contributed by atoms with Crippen molar-refractivity contribution in [3.8, 4) is 5.88 Å². The zero-order valence-electron chi connectivity index (χ0n) is 6.94. The summed E-state index contributed by atoms with van der Waals surface area (Å²) in [5.41, 5.74) is 0.926. The van der Waals surface area contributed by atoms with Crippen molar-refractivity contribution in [3.63, 3.8) is 0 Å². The second-order valence-electron chi connectivity index (χ2n) is 2.43. The highest BCUT2D eigenvalue weighted by Crippen LogP contribution is 2.08. The lowest BCUT2D eigenvalue weighted by Gasteiger charge is -1.95. The van der Waals surface area contributed by atoms with Gasteiger partial charge in [0.2, 0.25) is 5.88 Å². The minimum Gasteiger partial charge on any atom is -0.479 e. The van der Waals surface area contributed by atoms with Crippen LogP contribution in [0.3, 0.4) is 0 Å². The summed E-state index contributed by atoms with van der Waals surface area (Å²) in [6, 6.07) is 1.68. The van der Waals surface area contributed by atoms with Crippen LogP contribution < -0.4 is 4.74 Å². The molecule has 0 saturated heterocycles. The molecule has 1 aromatic heterocycles. The Morgan fingerprint density at radius 2 is 2.50 bits per heavy atom. The smallest absolute Gasteiger partial charge is 0.341 e. The van der Waals surface area contributed by atoms with Crippen molar-refractivity contribution in [2.45, 2.75) is 6.92 Å².